The monoisotopic (exact) mass is 247 g/mol. The number of para-hydroxylation sites is 1. The van der Waals surface area contributed by atoms with E-state index in [4.69, 9.17) is 4.74 Å². The molecule has 0 bridgehead atoms. The second-order valence-electron chi connectivity index (χ2n) is 5.30. The predicted octanol–water partition coefficient (Wildman–Crippen LogP) is 3.68. The molecule has 2 heteroatoms. The van der Waals surface area contributed by atoms with Gasteiger partial charge in [-0.1, -0.05) is 38.0 Å². The van der Waals surface area contributed by atoms with Crippen molar-refractivity contribution in [2.45, 2.75) is 58.1 Å². The molecule has 1 unspecified atom stereocenters. The first kappa shape index (κ1) is 13.4. The molecule has 0 amide bonds. The number of hydrogen-bond acceptors (Lipinski definition) is 2. The van der Waals surface area contributed by atoms with E-state index in [2.05, 4.69) is 37.4 Å². The molecular formula is C16H25NO. The van der Waals surface area contributed by atoms with E-state index in [1.165, 1.54) is 31.2 Å². The highest BCUT2D eigenvalue weighted by Crippen LogP contribution is 2.20. The van der Waals surface area contributed by atoms with E-state index in [9.17, 15) is 0 Å². The van der Waals surface area contributed by atoms with Crippen LogP contribution < -0.4 is 10.1 Å². The van der Waals surface area contributed by atoms with E-state index in [1.54, 1.807) is 0 Å². The van der Waals surface area contributed by atoms with Crippen LogP contribution in [0.1, 0.15) is 44.6 Å². The summed E-state index contributed by atoms with van der Waals surface area (Å²) in [7, 11) is 0. The summed E-state index contributed by atoms with van der Waals surface area (Å²) in [5.74, 6) is 1.03. The second-order valence-corrected chi connectivity index (χ2v) is 5.30. The van der Waals surface area contributed by atoms with Crippen LogP contribution in [0.2, 0.25) is 0 Å². The van der Waals surface area contributed by atoms with Gasteiger partial charge in [0.05, 0.1) is 0 Å². The molecule has 1 saturated carbocycles. The summed E-state index contributed by atoms with van der Waals surface area (Å²) in [6.07, 6.45) is 6.77. The molecule has 1 N–H and O–H groups in total. The number of hydrogen-bond donors (Lipinski definition) is 1. The zero-order chi connectivity index (χ0) is 12.8. The molecular weight excluding hydrogens is 222 g/mol. The van der Waals surface area contributed by atoms with Crippen molar-refractivity contribution >= 4 is 0 Å². The van der Waals surface area contributed by atoms with Gasteiger partial charge in [-0.05, 0) is 37.8 Å². The third-order valence-electron chi connectivity index (χ3n) is 3.83. The maximum Gasteiger partial charge on any atom is 0.122 e. The SMILES string of the molecule is CCC(CNC1CCCC1)Oc1ccccc1C. The molecule has 1 fully saturated rings. The fourth-order valence-electron chi connectivity index (χ4n) is 2.57. The third kappa shape index (κ3) is 3.74. The van der Waals surface area contributed by atoms with Crippen LogP contribution in [0.15, 0.2) is 24.3 Å². The molecule has 2 rings (SSSR count). The minimum Gasteiger partial charge on any atom is -0.489 e. The first-order valence-corrected chi connectivity index (χ1v) is 7.25. The highest BCUT2D eigenvalue weighted by molar-refractivity contribution is 5.31. The van der Waals surface area contributed by atoms with Crippen LogP contribution >= 0.6 is 0 Å². The van der Waals surface area contributed by atoms with Crippen molar-refractivity contribution < 1.29 is 4.74 Å². The second kappa shape index (κ2) is 6.79. The standard InChI is InChI=1S/C16H25NO/c1-3-15(12-17-14-9-5-6-10-14)18-16-11-7-4-8-13(16)2/h4,7-8,11,14-15,17H,3,5-6,9-10,12H2,1-2H3. The van der Waals surface area contributed by atoms with Gasteiger partial charge < -0.3 is 10.1 Å². The summed E-state index contributed by atoms with van der Waals surface area (Å²) in [5.41, 5.74) is 1.22. The van der Waals surface area contributed by atoms with Gasteiger partial charge in [0.15, 0.2) is 0 Å². The van der Waals surface area contributed by atoms with Crippen LogP contribution in [-0.4, -0.2) is 18.7 Å². The van der Waals surface area contributed by atoms with Gasteiger partial charge in [-0.2, -0.15) is 0 Å². The molecule has 18 heavy (non-hydrogen) atoms. The lowest BCUT2D eigenvalue weighted by Crippen LogP contribution is -2.36. The number of ether oxygens (including phenoxy) is 1. The lowest BCUT2D eigenvalue weighted by Gasteiger charge is -2.21. The Labute approximate surface area is 111 Å². The molecule has 0 saturated heterocycles. The fourth-order valence-corrected chi connectivity index (χ4v) is 2.57. The van der Waals surface area contributed by atoms with E-state index >= 15 is 0 Å². The molecule has 100 valence electrons. The van der Waals surface area contributed by atoms with Gasteiger partial charge in [-0.15, -0.1) is 0 Å². The van der Waals surface area contributed by atoms with Crippen LogP contribution in [0, 0.1) is 6.92 Å². The van der Waals surface area contributed by atoms with Gasteiger partial charge in [0.1, 0.15) is 11.9 Å². The van der Waals surface area contributed by atoms with Gasteiger partial charge in [-0.25, -0.2) is 0 Å². The lowest BCUT2D eigenvalue weighted by atomic mass is 10.2. The molecule has 0 aliphatic heterocycles. The Morgan fingerprint density at radius 1 is 1.28 bits per heavy atom. The number of aryl methyl sites for hydroxylation is 1. The van der Waals surface area contributed by atoms with Crippen LogP contribution in [0.3, 0.4) is 0 Å². The average Bonchev–Trinajstić information content (AvgIpc) is 2.90. The third-order valence-corrected chi connectivity index (χ3v) is 3.83. The molecule has 1 aliphatic carbocycles. The fraction of sp³-hybridized carbons (Fsp3) is 0.625. The lowest BCUT2D eigenvalue weighted by molar-refractivity contribution is 0.187. The highest BCUT2D eigenvalue weighted by atomic mass is 16.5. The van der Waals surface area contributed by atoms with Crippen molar-refractivity contribution in [1.29, 1.82) is 0 Å². The van der Waals surface area contributed by atoms with E-state index in [0.717, 1.165) is 24.8 Å². The van der Waals surface area contributed by atoms with Crippen molar-refractivity contribution in [3.63, 3.8) is 0 Å². The molecule has 0 heterocycles. The van der Waals surface area contributed by atoms with Gasteiger partial charge in [0.2, 0.25) is 0 Å². The summed E-state index contributed by atoms with van der Waals surface area (Å²) >= 11 is 0. The van der Waals surface area contributed by atoms with Gasteiger partial charge >= 0.3 is 0 Å². The van der Waals surface area contributed by atoms with E-state index in [1.807, 2.05) is 6.07 Å². The van der Waals surface area contributed by atoms with Crippen LogP contribution in [0.25, 0.3) is 0 Å². The Hall–Kier alpha value is -1.02. The topological polar surface area (TPSA) is 21.3 Å². The van der Waals surface area contributed by atoms with Crippen LogP contribution in [0.5, 0.6) is 5.75 Å². The number of rotatable bonds is 6. The van der Waals surface area contributed by atoms with E-state index in [-0.39, 0.29) is 6.10 Å². The van der Waals surface area contributed by atoms with Crippen molar-refractivity contribution in [3.8, 4) is 5.75 Å². The number of nitrogens with one attached hydrogen (secondary N) is 1. The quantitative estimate of drug-likeness (QED) is 0.828. The van der Waals surface area contributed by atoms with E-state index < -0.39 is 0 Å². The van der Waals surface area contributed by atoms with Crippen LogP contribution in [-0.2, 0) is 0 Å². The Bertz CT molecular complexity index is 358. The Balaban J connectivity index is 1.83. The molecule has 0 radical (unpaired) electrons. The minimum absolute atomic E-state index is 0.284. The Morgan fingerprint density at radius 2 is 2.00 bits per heavy atom. The maximum absolute atomic E-state index is 6.09. The zero-order valence-electron chi connectivity index (χ0n) is 11.6. The zero-order valence-corrected chi connectivity index (χ0v) is 11.6. The molecule has 1 atom stereocenters. The largest absolute Gasteiger partial charge is 0.489 e. The molecule has 1 aromatic rings. The summed E-state index contributed by atoms with van der Waals surface area (Å²) in [5, 5.41) is 3.65. The van der Waals surface area contributed by atoms with E-state index in [0.29, 0.717) is 0 Å². The smallest absolute Gasteiger partial charge is 0.122 e. The Morgan fingerprint density at radius 3 is 2.67 bits per heavy atom. The average molecular weight is 247 g/mol. The normalized spacial score (nSPS) is 17.9. The summed E-state index contributed by atoms with van der Waals surface area (Å²) in [4.78, 5) is 0. The first-order chi connectivity index (χ1) is 8.79. The molecule has 0 spiro atoms. The number of benzene rings is 1. The van der Waals surface area contributed by atoms with Crippen molar-refractivity contribution in [2.75, 3.05) is 6.54 Å². The molecule has 2 nitrogen and oxygen atoms in total. The summed E-state index contributed by atoms with van der Waals surface area (Å²) < 4.78 is 6.09. The summed E-state index contributed by atoms with van der Waals surface area (Å²) in [6, 6.07) is 8.99. The van der Waals surface area contributed by atoms with Crippen LogP contribution in [0.4, 0.5) is 0 Å². The molecule has 1 aromatic carbocycles. The van der Waals surface area contributed by atoms with Crippen molar-refractivity contribution in [2.24, 2.45) is 0 Å². The predicted molar refractivity (Wildman–Crippen MR) is 76.1 cm³/mol. The maximum atomic E-state index is 6.09. The van der Waals surface area contributed by atoms with Gasteiger partial charge in [0, 0.05) is 12.6 Å². The minimum atomic E-state index is 0.284. The molecule has 1 aliphatic rings. The van der Waals surface area contributed by atoms with Crippen molar-refractivity contribution in [1.82, 2.24) is 5.32 Å². The Kier molecular flexibility index (Phi) is 5.06. The first-order valence-electron chi connectivity index (χ1n) is 7.25. The van der Waals surface area contributed by atoms with Gasteiger partial charge in [-0.3, -0.25) is 0 Å². The molecule has 0 aromatic heterocycles. The van der Waals surface area contributed by atoms with Crippen molar-refractivity contribution in [3.05, 3.63) is 29.8 Å². The highest BCUT2D eigenvalue weighted by Gasteiger charge is 2.16. The van der Waals surface area contributed by atoms with Gasteiger partial charge in [0.25, 0.3) is 0 Å². The summed E-state index contributed by atoms with van der Waals surface area (Å²) in [6.45, 7) is 5.27.